The number of nitrogens with one attached hydrogen (secondary N) is 3. The quantitative estimate of drug-likeness (QED) is 0.198. The third-order valence-electron chi connectivity index (χ3n) is 6.97. The average Bonchev–Trinajstić information content (AvgIpc) is 3.57. The van der Waals surface area contributed by atoms with Gasteiger partial charge in [-0.05, 0) is 85.4 Å². The predicted octanol–water partition coefficient (Wildman–Crippen LogP) is 7.76. The van der Waals surface area contributed by atoms with Gasteiger partial charge in [-0.3, -0.25) is 10.1 Å². The number of H-pyrrole nitrogens is 2. The molecule has 0 aliphatic heterocycles. The first kappa shape index (κ1) is 22.8. The molecule has 182 valence electrons. The van der Waals surface area contributed by atoms with Crippen LogP contribution in [0, 0.1) is 5.92 Å². The number of pyridine rings is 1. The van der Waals surface area contributed by atoms with Gasteiger partial charge in [0.25, 0.3) is 0 Å². The summed E-state index contributed by atoms with van der Waals surface area (Å²) >= 11 is 0. The molecule has 2 aromatic carbocycles. The highest BCUT2D eigenvalue weighted by Gasteiger charge is 2.24. The highest BCUT2D eigenvalue weighted by molar-refractivity contribution is 6.01. The number of hydrogen-bond donors (Lipinski definition) is 3. The van der Waals surface area contributed by atoms with Crippen LogP contribution in [0.3, 0.4) is 0 Å². The van der Waals surface area contributed by atoms with Gasteiger partial charge in [-0.2, -0.15) is 5.10 Å². The number of nitrogens with zero attached hydrogens (tertiary/aromatic N) is 2. The first-order chi connectivity index (χ1) is 18.1. The van der Waals surface area contributed by atoms with Crippen molar-refractivity contribution in [2.24, 2.45) is 5.92 Å². The molecule has 1 aliphatic rings. The largest absolute Gasteiger partial charge is 0.359 e. The Balaban J connectivity index is 1.39. The Labute approximate surface area is 216 Å². The topological polar surface area (TPSA) is 69.4 Å². The number of aromatic amines is 2. The molecule has 1 saturated carbocycles. The van der Waals surface area contributed by atoms with Crippen molar-refractivity contribution >= 4 is 27.4 Å². The van der Waals surface area contributed by atoms with Crippen molar-refractivity contribution in [3.8, 4) is 22.6 Å². The smallest absolute Gasteiger partial charge is 0.116 e. The molecule has 0 atom stereocenters. The van der Waals surface area contributed by atoms with Gasteiger partial charge in [-0.25, -0.2) is 0 Å². The van der Waals surface area contributed by atoms with Gasteiger partial charge in [0.2, 0.25) is 0 Å². The van der Waals surface area contributed by atoms with E-state index in [4.69, 9.17) is 0 Å². The lowest BCUT2D eigenvalue weighted by Crippen LogP contribution is -2.11. The number of rotatable bonds is 8. The van der Waals surface area contributed by atoms with E-state index >= 15 is 0 Å². The van der Waals surface area contributed by atoms with E-state index in [0.29, 0.717) is 5.92 Å². The monoisotopic (exact) mass is 483 g/mol. The lowest BCUT2D eigenvalue weighted by atomic mass is 10.0. The lowest BCUT2D eigenvalue weighted by molar-refractivity contribution is 0.865. The van der Waals surface area contributed by atoms with Crippen LogP contribution in [0.15, 0.2) is 110 Å². The fourth-order valence-corrected chi connectivity index (χ4v) is 4.79. The van der Waals surface area contributed by atoms with Gasteiger partial charge in [-0.15, -0.1) is 0 Å². The number of allylic oxidation sites excluding steroid dienone is 5. The van der Waals surface area contributed by atoms with E-state index in [1.807, 2.05) is 30.5 Å². The van der Waals surface area contributed by atoms with E-state index in [9.17, 15) is 0 Å². The van der Waals surface area contributed by atoms with Gasteiger partial charge in [0.15, 0.2) is 0 Å². The van der Waals surface area contributed by atoms with Gasteiger partial charge >= 0.3 is 0 Å². The summed E-state index contributed by atoms with van der Waals surface area (Å²) < 4.78 is 0. The van der Waals surface area contributed by atoms with Crippen LogP contribution in [-0.4, -0.2) is 20.2 Å². The zero-order valence-corrected chi connectivity index (χ0v) is 20.9. The van der Waals surface area contributed by atoms with Crippen molar-refractivity contribution in [1.29, 1.82) is 0 Å². The maximum atomic E-state index is 4.69. The summed E-state index contributed by atoms with van der Waals surface area (Å²) in [4.78, 5) is 8.13. The van der Waals surface area contributed by atoms with Gasteiger partial charge in [0.1, 0.15) is 5.69 Å². The molecule has 3 N–H and O–H groups in total. The maximum Gasteiger partial charge on any atom is 0.116 e. The van der Waals surface area contributed by atoms with Crippen LogP contribution in [0.2, 0.25) is 0 Å². The third kappa shape index (κ3) is 4.40. The minimum Gasteiger partial charge on any atom is -0.359 e. The molecular formula is C32H29N5. The fourth-order valence-electron chi connectivity index (χ4n) is 4.79. The number of benzene rings is 2. The molecule has 0 amide bonds. The van der Waals surface area contributed by atoms with Gasteiger partial charge in [-0.1, -0.05) is 43.5 Å². The Bertz CT molecular complexity index is 1690. The van der Waals surface area contributed by atoms with Crippen molar-refractivity contribution in [1.82, 2.24) is 25.5 Å². The normalized spacial score (nSPS) is 14.3. The Kier molecular flexibility index (Phi) is 5.81. The van der Waals surface area contributed by atoms with E-state index in [2.05, 4.69) is 100 Å². The standard InChI is InChI=1S/C32H29N5/c1-4-21(17-24(5-2)34-20(3)22-12-13-22)23-14-15-30-27(18-23)32(37-36-30)31-19-26-25(9-8-11-29(26)35-31)28-10-6-7-16-33-28/h4-11,14-19,22,34-35H,2-3,12-13H2,1H3,(H,36,37)/b21-4+,24-17+. The molecule has 0 bridgehead atoms. The molecule has 1 fully saturated rings. The molecule has 0 radical (unpaired) electrons. The summed E-state index contributed by atoms with van der Waals surface area (Å²) in [5.74, 6) is 0.580. The van der Waals surface area contributed by atoms with E-state index < -0.39 is 0 Å². The molecule has 5 nitrogen and oxygen atoms in total. The zero-order valence-electron chi connectivity index (χ0n) is 20.9. The number of fused-ring (bicyclic) bond motifs is 2. The summed E-state index contributed by atoms with van der Waals surface area (Å²) in [6, 6.07) is 20.8. The highest BCUT2D eigenvalue weighted by atomic mass is 15.1. The van der Waals surface area contributed by atoms with Crippen molar-refractivity contribution in [3.63, 3.8) is 0 Å². The first-order valence-electron chi connectivity index (χ1n) is 12.6. The molecule has 5 aromatic rings. The average molecular weight is 484 g/mol. The molecule has 1 aliphatic carbocycles. The summed E-state index contributed by atoms with van der Waals surface area (Å²) in [6.45, 7) is 10.2. The Morgan fingerprint density at radius 3 is 2.68 bits per heavy atom. The van der Waals surface area contributed by atoms with Crippen LogP contribution in [0.25, 0.3) is 50.0 Å². The summed E-state index contributed by atoms with van der Waals surface area (Å²) in [5.41, 5.74) is 10.2. The van der Waals surface area contributed by atoms with Gasteiger partial charge in [0, 0.05) is 39.4 Å². The molecule has 6 rings (SSSR count). The van der Waals surface area contributed by atoms with Crippen molar-refractivity contribution in [3.05, 3.63) is 115 Å². The summed E-state index contributed by atoms with van der Waals surface area (Å²) in [6.07, 6.45) is 10.3. The third-order valence-corrected chi connectivity index (χ3v) is 6.97. The lowest BCUT2D eigenvalue weighted by Gasteiger charge is -2.11. The van der Waals surface area contributed by atoms with Crippen molar-refractivity contribution in [2.45, 2.75) is 19.8 Å². The van der Waals surface area contributed by atoms with E-state index in [1.165, 1.54) is 12.8 Å². The second kappa shape index (κ2) is 9.43. The molecule has 0 spiro atoms. The molecule has 0 saturated heterocycles. The van der Waals surface area contributed by atoms with Gasteiger partial charge < -0.3 is 10.3 Å². The second-order valence-electron chi connectivity index (χ2n) is 9.47. The van der Waals surface area contributed by atoms with Crippen LogP contribution in [0.5, 0.6) is 0 Å². The van der Waals surface area contributed by atoms with Crippen molar-refractivity contribution < 1.29 is 0 Å². The summed E-state index contributed by atoms with van der Waals surface area (Å²) in [5, 5.41) is 13.5. The zero-order chi connectivity index (χ0) is 25.4. The Hall–Kier alpha value is -4.64. The molecule has 0 unspecified atom stereocenters. The minimum absolute atomic E-state index is 0.580. The van der Waals surface area contributed by atoms with Gasteiger partial charge in [0.05, 0.1) is 16.9 Å². The van der Waals surface area contributed by atoms with Crippen LogP contribution in [0.1, 0.15) is 25.3 Å². The molecular weight excluding hydrogens is 454 g/mol. The fraction of sp³-hybridized carbons (Fsp3) is 0.125. The predicted molar refractivity (Wildman–Crippen MR) is 154 cm³/mol. The second-order valence-corrected chi connectivity index (χ2v) is 9.47. The SMILES string of the molecule is C=C/C(=C\C(=C/C)c1ccc2[nH]nc(-c3cc4c(-c5ccccn5)cccc4[nH]3)c2c1)NC(=C)C1CC1. The molecule has 3 aromatic heterocycles. The maximum absolute atomic E-state index is 4.69. The number of aromatic nitrogens is 4. The summed E-state index contributed by atoms with van der Waals surface area (Å²) in [7, 11) is 0. The Morgan fingerprint density at radius 2 is 1.92 bits per heavy atom. The molecule has 3 heterocycles. The Morgan fingerprint density at radius 1 is 1.03 bits per heavy atom. The first-order valence-corrected chi connectivity index (χ1v) is 12.6. The van der Waals surface area contributed by atoms with Crippen LogP contribution in [0.4, 0.5) is 0 Å². The van der Waals surface area contributed by atoms with Crippen LogP contribution >= 0.6 is 0 Å². The van der Waals surface area contributed by atoms with E-state index in [1.54, 1.807) is 0 Å². The van der Waals surface area contributed by atoms with Crippen molar-refractivity contribution in [2.75, 3.05) is 0 Å². The minimum atomic E-state index is 0.580. The van der Waals surface area contributed by atoms with E-state index in [-0.39, 0.29) is 0 Å². The molecule has 37 heavy (non-hydrogen) atoms. The highest BCUT2D eigenvalue weighted by Crippen LogP contribution is 2.36. The van der Waals surface area contributed by atoms with Crippen LogP contribution in [-0.2, 0) is 0 Å². The van der Waals surface area contributed by atoms with Crippen LogP contribution < -0.4 is 5.32 Å². The number of hydrogen-bond acceptors (Lipinski definition) is 3. The van der Waals surface area contributed by atoms with E-state index in [0.717, 1.165) is 67.0 Å². The molecule has 5 heteroatoms.